The van der Waals surface area contributed by atoms with Gasteiger partial charge in [0.25, 0.3) is 0 Å². The minimum atomic E-state index is -3.45. The third-order valence-corrected chi connectivity index (χ3v) is 4.14. The van der Waals surface area contributed by atoms with Crippen molar-refractivity contribution in [1.82, 2.24) is 9.71 Å². The molecule has 0 saturated heterocycles. The molecule has 1 heterocycles. The van der Waals surface area contributed by atoms with Crippen LogP contribution >= 0.6 is 0 Å². The van der Waals surface area contributed by atoms with Crippen LogP contribution in [0.3, 0.4) is 0 Å². The summed E-state index contributed by atoms with van der Waals surface area (Å²) >= 11 is 0. The second-order valence-electron chi connectivity index (χ2n) is 3.66. The topological polar surface area (TPSA) is 79.3 Å². The molecule has 0 fully saturated rings. The normalized spacial score (nSPS) is 13.7. The molecule has 0 spiro atoms. The highest BCUT2D eigenvalue weighted by Crippen LogP contribution is 2.06. The number of hydrogen-bond donors (Lipinski definition) is 2. The van der Waals surface area contributed by atoms with Crippen molar-refractivity contribution >= 4 is 10.0 Å². The van der Waals surface area contributed by atoms with Gasteiger partial charge in [-0.05, 0) is 31.0 Å². The Labute approximate surface area is 95.6 Å². The van der Waals surface area contributed by atoms with E-state index in [9.17, 15) is 8.42 Å². The maximum Gasteiger partial charge on any atom is 0.216 e. The lowest BCUT2D eigenvalue weighted by Gasteiger charge is -2.12. The maximum atomic E-state index is 11.6. The van der Waals surface area contributed by atoms with E-state index in [1.807, 2.05) is 6.92 Å². The van der Waals surface area contributed by atoms with Crippen LogP contribution in [0.1, 0.15) is 18.1 Å². The molecule has 0 amide bonds. The monoisotopic (exact) mass is 244 g/mol. The van der Waals surface area contributed by atoms with Gasteiger partial charge in [-0.2, -0.15) is 0 Å². The first-order valence-corrected chi connectivity index (χ1v) is 6.51. The molecule has 90 valence electrons. The minimum absolute atomic E-state index is 0.223. The standard InChI is InChI=1S/C10H16N2O3S/c1-8-5-11-4-3-10(8)6-12-16(14,15)9(2)7-13/h3-5,9,12-13H,6-7H2,1-2H3. The van der Waals surface area contributed by atoms with E-state index in [1.165, 1.54) is 6.92 Å². The average Bonchev–Trinajstić information content (AvgIpc) is 2.27. The second kappa shape index (κ2) is 5.38. The minimum Gasteiger partial charge on any atom is -0.395 e. The van der Waals surface area contributed by atoms with Crippen LogP contribution in [-0.4, -0.2) is 30.4 Å². The molecule has 1 rings (SSSR count). The van der Waals surface area contributed by atoms with E-state index < -0.39 is 15.3 Å². The van der Waals surface area contributed by atoms with Gasteiger partial charge in [-0.15, -0.1) is 0 Å². The number of aryl methyl sites for hydroxylation is 1. The molecule has 0 aromatic carbocycles. The Morgan fingerprint density at radius 3 is 2.81 bits per heavy atom. The van der Waals surface area contributed by atoms with Crippen LogP contribution in [0.25, 0.3) is 0 Å². The smallest absolute Gasteiger partial charge is 0.216 e. The quantitative estimate of drug-likeness (QED) is 0.775. The van der Waals surface area contributed by atoms with Gasteiger partial charge in [0.05, 0.1) is 11.9 Å². The molecular weight excluding hydrogens is 228 g/mol. The number of nitrogens with one attached hydrogen (secondary N) is 1. The largest absolute Gasteiger partial charge is 0.395 e. The van der Waals surface area contributed by atoms with Crippen LogP contribution in [0.15, 0.2) is 18.5 Å². The molecule has 16 heavy (non-hydrogen) atoms. The number of aliphatic hydroxyl groups is 1. The number of hydrogen-bond acceptors (Lipinski definition) is 4. The fourth-order valence-electron chi connectivity index (χ4n) is 1.12. The fraction of sp³-hybridized carbons (Fsp3) is 0.500. The second-order valence-corrected chi connectivity index (χ2v) is 5.84. The first-order chi connectivity index (χ1) is 7.47. The molecule has 1 aromatic heterocycles. The molecule has 0 radical (unpaired) electrons. The van der Waals surface area contributed by atoms with Crippen molar-refractivity contribution in [3.8, 4) is 0 Å². The molecule has 1 atom stereocenters. The van der Waals surface area contributed by atoms with E-state index in [0.29, 0.717) is 0 Å². The van der Waals surface area contributed by atoms with Crippen LogP contribution in [-0.2, 0) is 16.6 Å². The Hall–Kier alpha value is -0.980. The van der Waals surface area contributed by atoms with Crippen molar-refractivity contribution in [2.45, 2.75) is 25.6 Å². The molecular formula is C10H16N2O3S. The van der Waals surface area contributed by atoms with E-state index >= 15 is 0 Å². The number of sulfonamides is 1. The summed E-state index contributed by atoms with van der Waals surface area (Å²) in [5.74, 6) is 0. The van der Waals surface area contributed by atoms with Crippen LogP contribution < -0.4 is 4.72 Å². The number of aliphatic hydroxyl groups excluding tert-OH is 1. The Balaban J connectivity index is 2.69. The van der Waals surface area contributed by atoms with Gasteiger partial charge < -0.3 is 5.11 Å². The molecule has 0 aliphatic heterocycles. The summed E-state index contributed by atoms with van der Waals surface area (Å²) in [7, 11) is -3.45. The number of nitrogens with zero attached hydrogens (tertiary/aromatic N) is 1. The first-order valence-electron chi connectivity index (χ1n) is 4.96. The van der Waals surface area contributed by atoms with Gasteiger partial charge in [-0.3, -0.25) is 4.98 Å². The highest BCUT2D eigenvalue weighted by molar-refractivity contribution is 7.90. The van der Waals surface area contributed by atoms with Gasteiger partial charge in [-0.25, -0.2) is 13.1 Å². The maximum absolute atomic E-state index is 11.6. The van der Waals surface area contributed by atoms with Crippen molar-refractivity contribution in [1.29, 1.82) is 0 Å². The summed E-state index contributed by atoms with van der Waals surface area (Å²) in [5, 5.41) is 8.00. The Bertz CT molecular complexity index is 445. The van der Waals surface area contributed by atoms with E-state index in [0.717, 1.165) is 11.1 Å². The Morgan fingerprint density at radius 1 is 1.56 bits per heavy atom. The first kappa shape index (κ1) is 13.1. The highest BCUT2D eigenvalue weighted by atomic mass is 32.2. The van der Waals surface area contributed by atoms with E-state index in [-0.39, 0.29) is 13.2 Å². The molecule has 5 nitrogen and oxygen atoms in total. The molecule has 0 saturated carbocycles. The average molecular weight is 244 g/mol. The van der Waals surface area contributed by atoms with E-state index in [2.05, 4.69) is 9.71 Å². The lowest BCUT2D eigenvalue weighted by molar-refractivity contribution is 0.294. The van der Waals surface area contributed by atoms with Gasteiger partial charge in [0.2, 0.25) is 10.0 Å². The van der Waals surface area contributed by atoms with Crippen molar-refractivity contribution in [2.75, 3.05) is 6.61 Å². The van der Waals surface area contributed by atoms with Gasteiger partial charge >= 0.3 is 0 Å². The third kappa shape index (κ3) is 3.26. The zero-order valence-electron chi connectivity index (χ0n) is 9.34. The number of rotatable bonds is 5. The van der Waals surface area contributed by atoms with Crippen LogP contribution in [0.2, 0.25) is 0 Å². The van der Waals surface area contributed by atoms with Crippen molar-refractivity contribution in [2.24, 2.45) is 0 Å². The van der Waals surface area contributed by atoms with Gasteiger partial charge in [0.1, 0.15) is 0 Å². The molecule has 6 heteroatoms. The lowest BCUT2D eigenvalue weighted by atomic mass is 10.2. The van der Waals surface area contributed by atoms with E-state index in [1.54, 1.807) is 18.5 Å². The Kier molecular flexibility index (Phi) is 4.40. The van der Waals surface area contributed by atoms with Crippen molar-refractivity contribution in [3.05, 3.63) is 29.6 Å². The van der Waals surface area contributed by atoms with Crippen molar-refractivity contribution in [3.63, 3.8) is 0 Å². The number of pyridine rings is 1. The fourth-order valence-corrected chi connectivity index (χ4v) is 1.96. The van der Waals surface area contributed by atoms with Crippen LogP contribution in [0, 0.1) is 6.92 Å². The molecule has 1 unspecified atom stereocenters. The number of aromatic nitrogens is 1. The van der Waals surface area contributed by atoms with Crippen LogP contribution in [0.5, 0.6) is 0 Å². The molecule has 0 aliphatic rings. The molecule has 0 bridgehead atoms. The lowest BCUT2D eigenvalue weighted by Crippen LogP contribution is -2.34. The summed E-state index contributed by atoms with van der Waals surface area (Å²) in [6, 6.07) is 1.77. The van der Waals surface area contributed by atoms with Gasteiger partial charge in [0.15, 0.2) is 0 Å². The molecule has 1 aromatic rings. The summed E-state index contributed by atoms with van der Waals surface area (Å²) in [6.07, 6.45) is 3.30. The molecule has 0 aliphatic carbocycles. The summed E-state index contributed by atoms with van der Waals surface area (Å²) in [5.41, 5.74) is 1.81. The zero-order chi connectivity index (χ0) is 12.2. The summed E-state index contributed by atoms with van der Waals surface area (Å²) in [6.45, 7) is 3.17. The SMILES string of the molecule is Cc1cnccc1CNS(=O)(=O)C(C)CO. The third-order valence-electron chi connectivity index (χ3n) is 2.39. The van der Waals surface area contributed by atoms with Crippen molar-refractivity contribution < 1.29 is 13.5 Å². The predicted octanol–water partition coefficient (Wildman–Crippen LogP) is 0.190. The van der Waals surface area contributed by atoms with Gasteiger partial charge in [-0.1, -0.05) is 0 Å². The zero-order valence-corrected chi connectivity index (χ0v) is 10.2. The van der Waals surface area contributed by atoms with Crippen LogP contribution in [0.4, 0.5) is 0 Å². The summed E-state index contributed by atoms with van der Waals surface area (Å²) < 4.78 is 25.6. The van der Waals surface area contributed by atoms with Gasteiger partial charge in [0, 0.05) is 18.9 Å². The highest BCUT2D eigenvalue weighted by Gasteiger charge is 2.19. The van der Waals surface area contributed by atoms with E-state index in [4.69, 9.17) is 5.11 Å². The molecule has 2 N–H and O–H groups in total. The Morgan fingerprint density at radius 2 is 2.25 bits per heavy atom. The predicted molar refractivity (Wildman–Crippen MR) is 61.3 cm³/mol. The summed E-state index contributed by atoms with van der Waals surface area (Å²) in [4.78, 5) is 3.92.